The topological polar surface area (TPSA) is 64.7 Å². The first-order valence-corrected chi connectivity index (χ1v) is 9.20. The van der Waals surface area contributed by atoms with E-state index in [1.807, 2.05) is 36.4 Å². The molecule has 0 N–H and O–H groups in total. The summed E-state index contributed by atoms with van der Waals surface area (Å²) in [5.74, 6) is -0.616. The van der Waals surface area contributed by atoms with Crippen LogP contribution in [0, 0.1) is 22.7 Å². The van der Waals surface area contributed by atoms with Gasteiger partial charge in [-0.3, -0.25) is 4.79 Å². The van der Waals surface area contributed by atoms with E-state index in [9.17, 15) is 15.3 Å². The number of rotatable bonds is 5. The van der Waals surface area contributed by atoms with Gasteiger partial charge in [0.1, 0.15) is 0 Å². The summed E-state index contributed by atoms with van der Waals surface area (Å²) in [6.45, 7) is 0. The molecule has 0 spiro atoms. The lowest BCUT2D eigenvalue weighted by atomic mass is 9.82. The number of halogens is 1. The van der Waals surface area contributed by atoms with Crippen LogP contribution in [0.25, 0.3) is 0 Å². The van der Waals surface area contributed by atoms with Crippen molar-refractivity contribution in [3.63, 3.8) is 0 Å². The highest BCUT2D eigenvalue weighted by Gasteiger charge is 2.25. The van der Waals surface area contributed by atoms with Crippen molar-refractivity contribution in [2.75, 3.05) is 0 Å². The lowest BCUT2D eigenvalue weighted by molar-refractivity contribution is 0.0958. The van der Waals surface area contributed by atoms with Crippen molar-refractivity contribution in [2.24, 2.45) is 0 Å². The predicted molar refractivity (Wildman–Crippen MR) is 107 cm³/mol. The van der Waals surface area contributed by atoms with Crippen molar-refractivity contribution < 1.29 is 4.79 Å². The van der Waals surface area contributed by atoms with Gasteiger partial charge in [-0.05, 0) is 41.8 Å². The summed E-state index contributed by atoms with van der Waals surface area (Å²) in [6.07, 6.45) is 0.358. The van der Waals surface area contributed by atoms with Crippen molar-refractivity contribution >= 4 is 21.7 Å². The first-order chi connectivity index (χ1) is 13.1. The maximum Gasteiger partial charge on any atom is 0.170 e. The third-order valence-corrected chi connectivity index (χ3v) is 4.99. The second-order valence-electron chi connectivity index (χ2n) is 6.10. The lowest BCUT2D eigenvalue weighted by Crippen LogP contribution is -2.17. The SMILES string of the molecule is N#Cc1ccccc1CC(C(=O)c1ccc(Br)cc1)c1ccccc1C#N. The van der Waals surface area contributed by atoms with Gasteiger partial charge in [-0.25, -0.2) is 0 Å². The second-order valence-corrected chi connectivity index (χ2v) is 7.01. The average molecular weight is 415 g/mol. The summed E-state index contributed by atoms with van der Waals surface area (Å²) < 4.78 is 0.892. The van der Waals surface area contributed by atoms with E-state index >= 15 is 0 Å². The molecule has 0 bridgehead atoms. The van der Waals surface area contributed by atoms with Crippen molar-refractivity contribution in [1.29, 1.82) is 10.5 Å². The van der Waals surface area contributed by atoms with E-state index in [1.165, 1.54) is 0 Å². The number of nitriles is 2. The summed E-state index contributed by atoms with van der Waals surface area (Å²) in [7, 11) is 0. The number of hydrogen-bond donors (Lipinski definition) is 0. The highest BCUT2D eigenvalue weighted by atomic mass is 79.9. The molecule has 3 nitrogen and oxygen atoms in total. The zero-order valence-electron chi connectivity index (χ0n) is 14.4. The fourth-order valence-corrected chi connectivity index (χ4v) is 3.35. The summed E-state index contributed by atoms with van der Waals surface area (Å²) in [4.78, 5) is 13.3. The van der Waals surface area contributed by atoms with Crippen LogP contribution in [0.3, 0.4) is 0 Å². The lowest BCUT2D eigenvalue weighted by Gasteiger charge is -2.18. The van der Waals surface area contributed by atoms with E-state index in [4.69, 9.17) is 0 Å². The Morgan fingerprint density at radius 1 is 0.852 bits per heavy atom. The van der Waals surface area contributed by atoms with Crippen LogP contribution in [-0.4, -0.2) is 5.78 Å². The Morgan fingerprint density at radius 2 is 1.44 bits per heavy atom. The van der Waals surface area contributed by atoms with Gasteiger partial charge in [0.25, 0.3) is 0 Å². The van der Waals surface area contributed by atoms with Gasteiger partial charge >= 0.3 is 0 Å². The molecule has 3 rings (SSSR count). The molecule has 0 heterocycles. The van der Waals surface area contributed by atoms with Gasteiger partial charge in [-0.2, -0.15) is 10.5 Å². The molecule has 0 saturated carbocycles. The Bertz CT molecular complexity index is 1060. The summed E-state index contributed by atoms with van der Waals surface area (Å²) >= 11 is 3.38. The maximum absolute atomic E-state index is 13.3. The fourth-order valence-electron chi connectivity index (χ4n) is 3.09. The highest BCUT2D eigenvalue weighted by molar-refractivity contribution is 9.10. The zero-order valence-corrected chi connectivity index (χ0v) is 16.0. The Hall–Kier alpha value is -3.21. The van der Waals surface area contributed by atoms with Gasteiger partial charge in [0.2, 0.25) is 0 Å². The number of benzene rings is 3. The first-order valence-electron chi connectivity index (χ1n) is 8.41. The predicted octanol–water partition coefficient (Wildman–Crippen LogP) is 5.40. The molecular weight excluding hydrogens is 400 g/mol. The van der Waals surface area contributed by atoms with Crippen LogP contribution in [-0.2, 0) is 6.42 Å². The second kappa shape index (κ2) is 8.45. The number of hydrogen-bond acceptors (Lipinski definition) is 3. The highest BCUT2D eigenvalue weighted by Crippen LogP contribution is 2.29. The van der Waals surface area contributed by atoms with Gasteiger partial charge < -0.3 is 0 Å². The molecule has 27 heavy (non-hydrogen) atoms. The molecular formula is C23H15BrN2O. The average Bonchev–Trinajstić information content (AvgIpc) is 2.72. The van der Waals surface area contributed by atoms with E-state index in [2.05, 4.69) is 28.1 Å². The summed E-state index contributed by atoms with van der Waals surface area (Å²) in [5.41, 5.74) is 3.07. The van der Waals surface area contributed by atoms with Gasteiger partial charge in [-0.15, -0.1) is 0 Å². The molecule has 0 aromatic heterocycles. The quantitative estimate of drug-likeness (QED) is 0.524. The molecule has 0 amide bonds. The normalized spacial score (nSPS) is 11.2. The Kier molecular flexibility index (Phi) is 5.81. The minimum Gasteiger partial charge on any atom is -0.293 e. The van der Waals surface area contributed by atoms with Crippen molar-refractivity contribution in [3.8, 4) is 12.1 Å². The summed E-state index contributed by atoms with van der Waals surface area (Å²) in [5, 5.41) is 18.9. The van der Waals surface area contributed by atoms with Crippen LogP contribution in [0.15, 0.2) is 77.3 Å². The number of carbonyl (C=O) groups is 1. The monoisotopic (exact) mass is 414 g/mol. The van der Waals surface area contributed by atoms with Gasteiger partial charge in [0.15, 0.2) is 5.78 Å². The molecule has 1 unspecified atom stereocenters. The molecule has 1 atom stereocenters. The van der Waals surface area contributed by atoms with Crippen LogP contribution < -0.4 is 0 Å². The van der Waals surface area contributed by atoms with E-state index in [0.29, 0.717) is 28.7 Å². The van der Waals surface area contributed by atoms with Crippen LogP contribution >= 0.6 is 15.9 Å². The number of Topliss-reactive ketones (excluding diaryl/α,β-unsaturated/α-hetero) is 1. The number of nitrogens with zero attached hydrogens (tertiary/aromatic N) is 2. The van der Waals surface area contributed by atoms with E-state index in [1.54, 1.807) is 36.4 Å². The van der Waals surface area contributed by atoms with Crippen LogP contribution in [0.4, 0.5) is 0 Å². The largest absolute Gasteiger partial charge is 0.293 e. The third-order valence-electron chi connectivity index (χ3n) is 4.46. The maximum atomic E-state index is 13.3. The first kappa shape index (κ1) is 18.6. The van der Waals surface area contributed by atoms with Crippen molar-refractivity contribution in [2.45, 2.75) is 12.3 Å². The zero-order chi connectivity index (χ0) is 19.2. The molecule has 3 aromatic rings. The molecule has 3 aromatic carbocycles. The molecule has 0 saturated heterocycles. The van der Waals surface area contributed by atoms with Gasteiger partial charge in [0, 0.05) is 10.0 Å². The smallest absolute Gasteiger partial charge is 0.170 e. The number of carbonyl (C=O) groups excluding carboxylic acids is 1. The van der Waals surface area contributed by atoms with Crippen molar-refractivity contribution in [1.82, 2.24) is 0 Å². The van der Waals surface area contributed by atoms with Crippen LogP contribution in [0.1, 0.15) is 38.5 Å². The van der Waals surface area contributed by atoms with E-state index in [0.717, 1.165) is 10.0 Å². The molecule has 0 aliphatic rings. The molecule has 130 valence electrons. The minimum atomic E-state index is -0.545. The fraction of sp³-hybridized carbons (Fsp3) is 0.0870. The Labute approximate surface area is 166 Å². The Balaban J connectivity index is 2.09. The third kappa shape index (κ3) is 4.14. The molecule has 0 radical (unpaired) electrons. The molecule has 0 aliphatic carbocycles. The van der Waals surface area contributed by atoms with Gasteiger partial charge in [0.05, 0.1) is 29.2 Å². The van der Waals surface area contributed by atoms with Gasteiger partial charge in [-0.1, -0.05) is 64.5 Å². The van der Waals surface area contributed by atoms with E-state index in [-0.39, 0.29) is 5.78 Å². The minimum absolute atomic E-state index is 0.0713. The Morgan fingerprint density at radius 3 is 2.11 bits per heavy atom. The van der Waals surface area contributed by atoms with E-state index < -0.39 is 5.92 Å². The molecule has 4 heteroatoms. The van der Waals surface area contributed by atoms with Crippen molar-refractivity contribution in [3.05, 3.63) is 105 Å². The van der Waals surface area contributed by atoms with Crippen LogP contribution in [0.2, 0.25) is 0 Å². The van der Waals surface area contributed by atoms with Crippen LogP contribution in [0.5, 0.6) is 0 Å². The number of ketones is 1. The summed E-state index contributed by atoms with van der Waals surface area (Å²) in [6, 6.07) is 25.9. The molecule has 0 fully saturated rings. The standard InChI is InChI=1S/C23H15BrN2O/c24-20-11-9-16(10-12-20)23(27)22(21-8-4-3-7-19(21)15-26)13-17-5-1-2-6-18(17)14-25/h1-12,22H,13H2. The molecule has 0 aliphatic heterocycles.